The van der Waals surface area contributed by atoms with Crippen molar-refractivity contribution in [3.05, 3.63) is 0 Å². The van der Waals surface area contributed by atoms with Gasteiger partial charge < -0.3 is 20.1 Å². The third-order valence-corrected chi connectivity index (χ3v) is 3.10. The van der Waals surface area contributed by atoms with Crippen molar-refractivity contribution in [2.75, 3.05) is 53.0 Å². The lowest BCUT2D eigenvalue weighted by atomic mass is 10.3. The van der Waals surface area contributed by atoms with E-state index in [4.69, 9.17) is 9.84 Å². The van der Waals surface area contributed by atoms with Crippen LogP contribution in [0.5, 0.6) is 0 Å². The highest BCUT2D eigenvalue weighted by molar-refractivity contribution is 5.74. The molecule has 1 rings (SSSR count). The van der Waals surface area contributed by atoms with E-state index in [9.17, 15) is 9.59 Å². The molecule has 2 amide bonds. The number of carboxylic acid groups (broad SMARTS) is 1. The average Bonchev–Trinajstić information content (AvgIpc) is 2.41. The minimum atomic E-state index is -0.779. The summed E-state index contributed by atoms with van der Waals surface area (Å²) in [4.78, 5) is 26.1. The number of aliphatic carboxylic acids is 1. The average molecular weight is 273 g/mol. The molecular weight excluding hydrogens is 250 g/mol. The number of hydrogen-bond acceptors (Lipinski definition) is 4. The summed E-state index contributed by atoms with van der Waals surface area (Å²) < 4.78 is 4.91. The highest BCUT2D eigenvalue weighted by atomic mass is 16.5. The van der Waals surface area contributed by atoms with E-state index in [2.05, 4.69) is 10.2 Å². The fourth-order valence-corrected chi connectivity index (χ4v) is 1.95. The highest BCUT2D eigenvalue weighted by Crippen LogP contribution is 2.02. The van der Waals surface area contributed by atoms with Crippen LogP contribution < -0.4 is 5.32 Å². The van der Waals surface area contributed by atoms with Crippen molar-refractivity contribution >= 4 is 12.0 Å². The molecular formula is C12H23N3O4. The first-order valence-electron chi connectivity index (χ1n) is 6.59. The number of carbonyl (C=O) groups is 2. The maximum Gasteiger partial charge on any atom is 0.317 e. The lowest BCUT2D eigenvalue weighted by molar-refractivity contribution is -0.137. The summed E-state index contributed by atoms with van der Waals surface area (Å²) in [6.45, 7) is 4.58. The van der Waals surface area contributed by atoms with Crippen molar-refractivity contribution in [3.63, 3.8) is 0 Å². The van der Waals surface area contributed by atoms with E-state index in [1.54, 1.807) is 12.0 Å². The van der Waals surface area contributed by atoms with Crippen molar-refractivity contribution < 1.29 is 19.4 Å². The van der Waals surface area contributed by atoms with Gasteiger partial charge in [-0.25, -0.2) is 4.79 Å². The Morgan fingerprint density at radius 1 is 1.26 bits per heavy atom. The second-order valence-electron chi connectivity index (χ2n) is 4.55. The van der Waals surface area contributed by atoms with Gasteiger partial charge in [-0.15, -0.1) is 0 Å². The van der Waals surface area contributed by atoms with Gasteiger partial charge >= 0.3 is 12.0 Å². The van der Waals surface area contributed by atoms with E-state index in [-0.39, 0.29) is 12.5 Å². The number of nitrogens with zero attached hydrogens (tertiary/aromatic N) is 2. The van der Waals surface area contributed by atoms with Crippen LogP contribution in [0.4, 0.5) is 4.79 Å². The first kappa shape index (κ1) is 15.7. The molecule has 1 aliphatic heterocycles. The number of carbonyl (C=O) groups excluding carboxylic acids is 1. The summed E-state index contributed by atoms with van der Waals surface area (Å²) in [5, 5.41) is 11.5. The van der Waals surface area contributed by atoms with Gasteiger partial charge in [-0.1, -0.05) is 0 Å². The third kappa shape index (κ3) is 6.40. The van der Waals surface area contributed by atoms with Gasteiger partial charge in [0.2, 0.25) is 0 Å². The lowest BCUT2D eigenvalue weighted by Gasteiger charge is -2.34. The second kappa shape index (κ2) is 8.71. The molecule has 0 aromatic rings. The summed E-state index contributed by atoms with van der Waals surface area (Å²) in [6.07, 6.45) is 0.962. The van der Waals surface area contributed by atoms with Gasteiger partial charge in [0.15, 0.2) is 0 Å². The molecule has 2 N–H and O–H groups in total. The maximum absolute atomic E-state index is 11.8. The third-order valence-electron chi connectivity index (χ3n) is 3.10. The summed E-state index contributed by atoms with van der Waals surface area (Å²) in [6, 6.07) is -0.0472. The molecule has 7 nitrogen and oxygen atoms in total. The molecule has 7 heteroatoms. The normalized spacial score (nSPS) is 16.4. The fraction of sp³-hybridized carbons (Fsp3) is 0.833. The second-order valence-corrected chi connectivity index (χ2v) is 4.55. The lowest BCUT2D eigenvalue weighted by Crippen LogP contribution is -2.52. The molecule has 1 aliphatic rings. The number of carboxylic acids is 1. The Balaban J connectivity index is 2.14. The molecule has 19 heavy (non-hydrogen) atoms. The largest absolute Gasteiger partial charge is 0.481 e. The number of urea groups is 1. The van der Waals surface area contributed by atoms with E-state index < -0.39 is 5.97 Å². The number of nitrogens with one attached hydrogen (secondary N) is 1. The zero-order valence-electron chi connectivity index (χ0n) is 11.4. The zero-order chi connectivity index (χ0) is 14.1. The highest BCUT2D eigenvalue weighted by Gasteiger charge is 2.20. The number of rotatable bonds is 7. The van der Waals surface area contributed by atoms with Gasteiger partial charge in [-0.3, -0.25) is 9.69 Å². The standard InChI is InChI=1S/C12H23N3O4/c1-19-10-2-4-13-12(18)15-8-6-14(7-9-15)5-3-11(16)17/h2-10H2,1H3,(H,13,18)(H,16,17). The predicted octanol–water partition coefficient (Wildman–Crippen LogP) is -0.175. The van der Waals surface area contributed by atoms with Gasteiger partial charge in [0.05, 0.1) is 6.42 Å². The van der Waals surface area contributed by atoms with Crippen LogP contribution in [0.25, 0.3) is 0 Å². The molecule has 0 spiro atoms. The van der Waals surface area contributed by atoms with Crippen LogP contribution in [0.1, 0.15) is 12.8 Å². The topological polar surface area (TPSA) is 82.1 Å². The molecule has 0 aromatic carbocycles. The minimum absolute atomic E-state index is 0.0472. The van der Waals surface area contributed by atoms with Gasteiger partial charge in [0.1, 0.15) is 0 Å². The van der Waals surface area contributed by atoms with Crippen LogP contribution in [0.2, 0.25) is 0 Å². The van der Waals surface area contributed by atoms with Crippen LogP contribution in [0.15, 0.2) is 0 Å². The monoisotopic (exact) mass is 273 g/mol. The molecule has 110 valence electrons. The zero-order valence-corrected chi connectivity index (χ0v) is 11.4. The van der Waals surface area contributed by atoms with Gasteiger partial charge in [0, 0.05) is 53.0 Å². The smallest absolute Gasteiger partial charge is 0.317 e. The molecule has 1 saturated heterocycles. The Bertz CT molecular complexity index is 291. The Hall–Kier alpha value is -1.34. The van der Waals surface area contributed by atoms with Crippen LogP contribution in [0, 0.1) is 0 Å². The summed E-state index contributed by atoms with van der Waals surface area (Å²) in [5.74, 6) is -0.779. The van der Waals surface area contributed by atoms with Gasteiger partial charge in [0.25, 0.3) is 0 Å². The van der Waals surface area contributed by atoms with E-state index >= 15 is 0 Å². The predicted molar refractivity (Wildman–Crippen MR) is 70.2 cm³/mol. The minimum Gasteiger partial charge on any atom is -0.481 e. The summed E-state index contributed by atoms with van der Waals surface area (Å²) >= 11 is 0. The van der Waals surface area contributed by atoms with Crippen LogP contribution >= 0.6 is 0 Å². The van der Waals surface area contributed by atoms with Crippen molar-refractivity contribution in [2.45, 2.75) is 12.8 Å². The molecule has 0 bridgehead atoms. The SMILES string of the molecule is COCCCNC(=O)N1CCN(CCC(=O)O)CC1. The van der Waals surface area contributed by atoms with Gasteiger partial charge in [-0.05, 0) is 6.42 Å². The van der Waals surface area contributed by atoms with E-state index in [1.807, 2.05) is 0 Å². The fourth-order valence-electron chi connectivity index (χ4n) is 1.95. The molecule has 0 atom stereocenters. The maximum atomic E-state index is 11.8. The number of hydrogen-bond donors (Lipinski definition) is 2. The van der Waals surface area contributed by atoms with Crippen molar-refractivity contribution in [1.29, 1.82) is 0 Å². The molecule has 1 heterocycles. The molecule has 1 fully saturated rings. The molecule has 0 unspecified atom stereocenters. The Kier molecular flexibility index (Phi) is 7.20. The van der Waals surface area contributed by atoms with E-state index in [0.717, 1.165) is 19.5 Å². The number of ether oxygens (including phenoxy) is 1. The van der Waals surface area contributed by atoms with Crippen molar-refractivity contribution in [1.82, 2.24) is 15.1 Å². The van der Waals surface area contributed by atoms with Crippen molar-refractivity contribution in [2.24, 2.45) is 0 Å². The summed E-state index contributed by atoms with van der Waals surface area (Å²) in [7, 11) is 1.64. The molecule has 0 saturated carbocycles. The molecule has 0 aliphatic carbocycles. The van der Waals surface area contributed by atoms with Gasteiger partial charge in [-0.2, -0.15) is 0 Å². The quantitative estimate of drug-likeness (QED) is 0.629. The van der Waals surface area contributed by atoms with Crippen LogP contribution in [-0.2, 0) is 9.53 Å². The van der Waals surface area contributed by atoms with Crippen LogP contribution in [-0.4, -0.2) is 79.9 Å². The summed E-state index contributed by atoms with van der Waals surface area (Å²) in [5.41, 5.74) is 0. The van der Waals surface area contributed by atoms with E-state index in [1.165, 1.54) is 0 Å². The first-order chi connectivity index (χ1) is 9.13. The van der Waals surface area contributed by atoms with Crippen LogP contribution in [0.3, 0.4) is 0 Å². The van der Waals surface area contributed by atoms with Crippen molar-refractivity contribution in [3.8, 4) is 0 Å². The Morgan fingerprint density at radius 2 is 1.95 bits per heavy atom. The number of piperazine rings is 1. The number of amides is 2. The molecule has 0 radical (unpaired) electrons. The Morgan fingerprint density at radius 3 is 2.53 bits per heavy atom. The Labute approximate surface area is 113 Å². The number of methoxy groups -OCH3 is 1. The van der Waals surface area contributed by atoms with E-state index in [0.29, 0.717) is 32.8 Å². The molecule has 0 aromatic heterocycles. The first-order valence-corrected chi connectivity index (χ1v) is 6.59.